The van der Waals surface area contributed by atoms with Crippen molar-refractivity contribution >= 4 is 16.0 Å². The highest BCUT2D eigenvalue weighted by Crippen LogP contribution is 2.29. The molecule has 2 aliphatic rings. The molecule has 1 aliphatic heterocycles. The topological polar surface area (TPSA) is 74.7 Å². The molecule has 126 valence electrons. The largest absolute Gasteiger partial charge is 0.481 e. The minimum absolute atomic E-state index is 0.0530. The number of carboxylic acid groups (broad SMARTS) is 1. The highest BCUT2D eigenvalue weighted by molar-refractivity contribution is 7.89. The summed E-state index contributed by atoms with van der Waals surface area (Å²) in [5.41, 5.74) is 2.36. The van der Waals surface area contributed by atoms with E-state index in [1.807, 2.05) is 13.0 Å². The zero-order chi connectivity index (χ0) is 16.6. The van der Waals surface area contributed by atoms with E-state index in [1.54, 1.807) is 12.1 Å². The van der Waals surface area contributed by atoms with Crippen LogP contribution in [0.2, 0.25) is 0 Å². The average molecular weight is 337 g/mol. The number of aryl methyl sites for hydroxylation is 2. The zero-order valence-corrected chi connectivity index (χ0v) is 14.2. The van der Waals surface area contributed by atoms with Crippen LogP contribution in [0.1, 0.15) is 37.3 Å². The number of nitrogens with zero attached hydrogens (tertiary/aromatic N) is 1. The van der Waals surface area contributed by atoms with Crippen molar-refractivity contribution < 1.29 is 18.3 Å². The molecular formula is C17H23NO4S. The number of piperidine rings is 1. The quantitative estimate of drug-likeness (QED) is 0.918. The standard InChI is InChI=1S/C17H23NO4S/c1-12-8-15(17(19)20)11-18(10-12)23(21,22)16-7-6-13-4-2-3-5-14(13)9-16/h6-7,9,12,15H,2-5,8,10-11H2,1H3,(H,19,20). The number of rotatable bonds is 3. The van der Waals surface area contributed by atoms with Crippen LogP contribution in [0.3, 0.4) is 0 Å². The molecule has 1 fully saturated rings. The van der Waals surface area contributed by atoms with Crippen LogP contribution in [0.4, 0.5) is 0 Å². The Kier molecular flexibility index (Phi) is 4.47. The Balaban J connectivity index is 1.90. The Hall–Kier alpha value is -1.40. The van der Waals surface area contributed by atoms with Gasteiger partial charge in [-0.1, -0.05) is 13.0 Å². The fourth-order valence-corrected chi connectivity index (χ4v) is 5.35. The van der Waals surface area contributed by atoms with Crippen LogP contribution in [-0.4, -0.2) is 36.9 Å². The third-order valence-corrected chi connectivity index (χ3v) is 6.76. The highest BCUT2D eigenvalue weighted by Gasteiger charge is 2.36. The summed E-state index contributed by atoms with van der Waals surface area (Å²) in [6.45, 7) is 2.37. The van der Waals surface area contributed by atoms with E-state index < -0.39 is 21.9 Å². The number of hydrogen-bond donors (Lipinski definition) is 1. The van der Waals surface area contributed by atoms with Gasteiger partial charge in [-0.25, -0.2) is 8.42 Å². The first-order valence-corrected chi connectivity index (χ1v) is 9.66. The van der Waals surface area contributed by atoms with Crippen molar-refractivity contribution in [3.8, 4) is 0 Å². The fraction of sp³-hybridized carbons (Fsp3) is 0.588. The second-order valence-electron chi connectivity index (χ2n) is 6.84. The van der Waals surface area contributed by atoms with E-state index in [1.165, 1.54) is 9.87 Å². The Morgan fingerprint density at radius 3 is 2.57 bits per heavy atom. The maximum atomic E-state index is 12.9. The molecule has 0 saturated carbocycles. The number of aliphatic carboxylic acids is 1. The van der Waals surface area contributed by atoms with Crippen molar-refractivity contribution in [2.24, 2.45) is 11.8 Å². The summed E-state index contributed by atoms with van der Waals surface area (Å²) in [6.07, 6.45) is 4.72. The number of hydrogen-bond acceptors (Lipinski definition) is 3. The molecule has 0 bridgehead atoms. The molecule has 0 amide bonds. The molecule has 1 heterocycles. The Bertz CT molecular complexity index is 713. The molecule has 0 radical (unpaired) electrons. The van der Waals surface area contributed by atoms with Crippen LogP contribution in [0.25, 0.3) is 0 Å². The second-order valence-corrected chi connectivity index (χ2v) is 8.77. The average Bonchev–Trinajstić information content (AvgIpc) is 2.53. The second kappa shape index (κ2) is 6.24. The number of carbonyl (C=O) groups is 1. The number of carboxylic acids is 1. The highest BCUT2D eigenvalue weighted by atomic mass is 32.2. The van der Waals surface area contributed by atoms with Crippen molar-refractivity contribution in [1.29, 1.82) is 0 Å². The van der Waals surface area contributed by atoms with E-state index >= 15 is 0 Å². The maximum absolute atomic E-state index is 12.9. The number of benzene rings is 1. The minimum atomic E-state index is -3.62. The van der Waals surface area contributed by atoms with Gasteiger partial charge in [0, 0.05) is 13.1 Å². The molecule has 1 N–H and O–H groups in total. The van der Waals surface area contributed by atoms with Crippen molar-refractivity contribution in [3.63, 3.8) is 0 Å². The third kappa shape index (κ3) is 3.28. The van der Waals surface area contributed by atoms with Crippen molar-refractivity contribution in [1.82, 2.24) is 4.31 Å². The Labute approximate surface area is 137 Å². The van der Waals surface area contributed by atoms with Gasteiger partial charge < -0.3 is 5.11 Å². The first-order valence-electron chi connectivity index (χ1n) is 8.22. The predicted octanol–water partition coefficient (Wildman–Crippen LogP) is 2.30. The molecule has 1 aliphatic carbocycles. The lowest BCUT2D eigenvalue weighted by Gasteiger charge is -2.34. The van der Waals surface area contributed by atoms with E-state index in [2.05, 4.69) is 0 Å². The van der Waals surface area contributed by atoms with Crippen molar-refractivity contribution in [3.05, 3.63) is 29.3 Å². The fourth-order valence-electron chi connectivity index (χ4n) is 3.70. The van der Waals surface area contributed by atoms with Crippen LogP contribution in [0.15, 0.2) is 23.1 Å². The number of fused-ring (bicyclic) bond motifs is 1. The van der Waals surface area contributed by atoms with Crippen molar-refractivity contribution in [2.45, 2.75) is 43.9 Å². The lowest BCUT2D eigenvalue weighted by Crippen LogP contribution is -2.45. The van der Waals surface area contributed by atoms with Crippen LogP contribution in [0.5, 0.6) is 0 Å². The first-order chi connectivity index (χ1) is 10.9. The third-order valence-electron chi connectivity index (χ3n) is 4.93. The van der Waals surface area contributed by atoms with Crippen molar-refractivity contribution in [2.75, 3.05) is 13.1 Å². The number of sulfonamides is 1. The summed E-state index contributed by atoms with van der Waals surface area (Å²) in [6, 6.07) is 5.39. The molecule has 5 nitrogen and oxygen atoms in total. The minimum Gasteiger partial charge on any atom is -0.481 e. The molecule has 2 atom stereocenters. The van der Waals surface area contributed by atoms with Gasteiger partial charge in [0.25, 0.3) is 0 Å². The summed E-state index contributed by atoms with van der Waals surface area (Å²) in [7, 11) is -3.62. The van der Waals surface area contributed by atoms with Gasteiger partial charge in [-0.3, -0.25) is 4.79 Å². The van der Waals surface area contributed by atoms with E-state index in [-0.39, 0.29) is 12.5 Å². The molecule has 0 spiro atoms. The summed E-state index contributed by atoms with van der Waals surface area (Å²) in [4.78, 5) is 11.6. The smallest absolute Gasteiger partial charge is 0.307 e. The molecule has 3 rings (SSSR count). The summed E-state index contributed by atoms with van der Waals surface area (Å²) >= 11 is 0. The van der Waals surface area contributed by atoms with Crippen LogP contribution >= 0.6 is 0 Å². The molecule has 1 aromatic carbocycles. The lowest BCUT2D eigenvalue weighted by atomic mass is 9.92. The van der Waals surface area contributed by atoms with Gasteiger partial charge in [0.05, 0.1) is 10.8 Å². The van der Waals surface area contributed by atoms with E-state index in [4.69, 9.17) is 0 Å². The van der Waals surface area contributed by atoms with Gasteiger partial charge in [-0.15, -0.1) is 0 Å². The molecule has 23 heavy (non-hydrogen) atoms. The normalized spacial score (nSPS) is 25.8. The molecule has 1 saturated heterocycles. The van der Waals surface area contributed by atoms with Gasteiger partial charge in [-0.05, 0) is 61.3 Å². The van der Waals surface area contributed by atoms with Gasteiger partial charge in [0.2, 0.25) is 10.0 Å². The molecular weight excluding hydrogens is 314 g/mol. The van der Waals surface area contributed by atoms with Gasteiger partial charge in [0.1, 0.15) is 0 Å². The monoisotopic (exact) mass is 337 g/mol. The summed E-state index contributed by atoms with van der Waals surface area (Å²) < 4.78 is 27.2. The van der Waals surface area contributed by atoms with Crippen LogP contribution < -0.4 is 0 Å². The van der Waals surface area contributed by atoms with E-state index in [9.17, 15) is 18.3 Å². The summed E-state index contributed by atoms with van der Waals surface area (Å²) in [5, 5.41) is 9.25. The summed E-state index contributed by atoms with van der Waals surface area (Å²) in [5.74, 6) is -1.48. The Morgan fingerprint density at radius 2 is 1.87 bits per heavy atom. The zero-order valence-electron chi connectivity index (χ0n) is 13.4. The molecule has 0 aromatic heterocycles. The Morgan fingerprint density at radius 1 is 1.17 bits per heavy atom. The maximum Gasteiger partial charge on any atom is 0.307 e. The molecule has 6 heteroatoms. The van der Waals surface area contributed by atoms with E-state index in [0.717, 1.165) is 31.2 Å². The van der Waals surface area contributed by atoms with Gasteiger partial charge >= 0.3 is 5.97 Å². The van der Waals surface area contributed by atoms with Gasteiger partial charge in [0.15, 0.2) is 0 Å². The van der Waals surface area contributed by atoms with E-state index in [0.29, 0.717) is 17.9 Å². The van der Waals surface area contributed by atoms with Gasteiger partial charge in [-0.2, -0.15) is 4.31 Å². The molecule has 1 aromatic rings. The van der Waals surface area contributed by atoms with Crippen LogP contribution in [-0.2, 0) is 27.7 Å². The lowest BCUT2D eigenvalue weighted by molar-refractivity contribution is -0.143. The van der Waals surface area contributed by atoms with Crippen LogP contribution in [0, 0.1) is 11.8 Å². The predicted molar refractivity (Wildman–Crippen MR) is 86.7 cm³/mol. The first kappa shape index (κ1) is 16.5. The SMILES string of the molecule is CC1CC(C(=O)O)CN(S(=O)(=O)c2ccc3c(c2)CCCC3)C1. The molecule has 2 unspecified atom stereocenters.